The maximum Gasteiger partial charge on any atom is 0.272 e. The number of carbonyl (C=O) groups is 1. The maximum atomic E-state index is 12.2. The number of rotatable bonds is 7. The van der Waals surface area contributed by atoms with Gasteiger partial charge in [-0.2, -0.15) is 0 Å². The first kappa shape index (κ1) is 19.1. The zero-order chi connectivity index (χ0) is 20.6. The molecule has 0 atom stereocenters. The minimum absolute atomic E-state index is 0.239. The second-order valence-corrected chi connectivity index (χ2v) is 6.37. The molecule has 0 saturated carbocycles. The number of hydrogen-bond donors (Lipinski definition) is 2. The Balaban J connectivity index is 1.32. The molecular formula is C23H19N5O2. The lowest BCUT2D eigenvalue weighted by atomic mass is 10.3. The largest absolute Gasteiger partial charge is 0.457 e. The van der Waals surface area contributed by atoms with Crippen molar-refractivity contribution in [1.29, 1.82) is 0 Å². The Kier molecular flexibility index (Phi) is 5.91. The first-order valence-corrected chi connectivity index (χ1v) is 9.38. The van der Waals surface area contributed by atoms with Crippen molar-refractivity contribution in [2.75, 3.05) is 5.32 Å². The van der Waals surface area contributed by atoms with Gasteiger partial charge in [0.1, 0.15) is 11.5 Å². The summed E-state index contributed by atoms with van der Waals surface area (Å²) < 4.78 is 5.78. The van der Waals surface area contributed by atoms with E-state index in [4.69, 9.17) is 4.74 Å². The predicted octanol–water partition coefficient (Wildman–Crippen LogP) is 4.34. The van der Waals surface area contributed by atoms with Gasteiger partial charge < -0.3 is 15.4 Å². The molecule has 4 aromatic rings. The van der Waals surface area contributed by atoms with Crippen LogP contribution in [0.4, 0.5) is 11.5 Å². The highest BCUT2D eigenvalue weighted by Crippen LogP contribution is 2.23. The van der Waals surface area contributed by atoms with Crippen LogP contribution in [0.2, 0.25) is 0 Å². The normalized spacial score (nSPS) is 10.3. The van der Waals surface area contributed by atoms with E-state index >= 15 is 0 Å². The van der Waals surface area contributed by atoms with Gasteiger partial charge in [-0.1, -0.05) is 24.3 Å². The third-order valence-corrected chi connectivity index (χ3v) is 4.16. The summed E-state index contributed by atoms with van der Waals surface area (Å²) in [4.78, 5) is 16.4. The fourth-order valence-corrected chi connectivity index (χ4v) is 2.66. The van der Waals surface area contributed by atoms with Crippen molar-refractivity contribution in [3.8, 4) is 11.5 Å². The summed E-state index contributed by atoms with van der Waals surface area (Å²) in [7, 11) is 0. The number of para-hydroxylation sites is 1. The third-order valence-electron chi connectivity index (χ3n) is 4.16. The Morgan fingerprint density at radius 1 is 0.800 bits per heavy atom. The van der Waals surface area contributed by atoms with Crippen LogP contribution in [0.15, 0.2) is 91.1 Å². The molecule has 2 heterocycles. The molecule has 2 aromatic heterocycles. The van der Waals surface area contributed by atoms with E-state index in [2.05, 4.69) is 25.8 Å². The molecule has 0 saturated heterocycles. The zero-order valence-corrected chi connectivity index (χ0v) is 16.0. The molecule has 0 aliphatic heterocycles. The molecule has 1 amide bonds. The lowest BCUT2D eigenvalue weighted by Crippen LogP contribution is -2.24. The van der Waals surface area contributed by atoms with E-state index in [1.807, 2.05) is 72.8 Å². The quantitative estimate of drug-likeness (QED) is 0.482. The highest BCUT2D eigenvalue weighted by atomic mass is 16.5. The predicted molar refractivity (Wildman–Crippen MR) is 114 cm³/mol. The molecule has 4 rings (SSSR count). The van der Waals surface area contributed by atoms with Gasteiger partial charge in [0, 0.05) is 11.9 Å². The number of hydrogen-bond acceptors (Lipinski definition) is 6. The standard InChI is InChI=1S/C23H19N5O2/c29-23(25-16-18-6-4-5-15-24-18)21-13-14-22(28-27-21)26-17-9-11-20(12-10-17)30-19-7-2-1-3-8-19/h1-15H,16H2,(H,25,29)(H,26,28). The van der Waals surface area contributed by atoms with Crippen LogP contribution in [0, 0.1) is 0 Å². The monoisotopic (exact) mass is 397 g/mol. The fourth-order valence-electron chi connectivity index (χ4n) is 2.66. The summed E-state index contributed by atoms with van der Waals surface area (Å²) in [6.07, 6.45) is 1.68. The topological polar surface area (TPSA) is 89.0 Å². The number of amides is 1. The van der Waals surface area contributed by atoms with E-state index in [1.165, 1.54) is 0 Å². The maximum absolute atomic E-state index is 12.2. The Morgan fingerprint density at radius 3 is 2.27 bits per heavy atom. The first-order valence-electron chi connectivity index (χ1n) is 9.38. The second kappa shape index (κ2) is 9.29. The van der Waals surface area contributed by atoms with Crippen LogP contribution >= 0.6 is 0 Å². The van der Waals surface area contributed by atoms with E-state index in [9.17, 15) is 4.79 Å². The number of carbonyl (C=O) groups excluding carboxylic acids is 1. The Bertz CT molecular complexity index is 1090. The average molecular weight is 397 g/mol. The highest BCUT2D eigenvalue weighted by Gasteiger charge is 2.08. The number of aromatic nitrogens is 3. The molecule has 0 aliphatic carbocycles. The SMILES string of the molecule is O=C(NCc1ccccn1)c1ccc(Nc2ccc(Oc3ccccc3)cc2)nn1. The van der Waals surface area contributed by atoms with Gasteiger partial charge in [0.25, 0.3) is 5.91 Å². The number of ether oxygens (including phenoxy) is 1. The Morgan fingerprint density at radius 2 is 1.57 bits per heavy atom. The van der Waals surface area contributed by atoms with Gasteiger partial charge in [-0.15, -0.1) is 10.2 Å². The molecule has 2 aromatic carbocycles. The minimum Gasteiger partial charge on any atom is -0.457 e. The molecule has 0 unspecified atom stereocenters. The van der Waals surface area contributed by atoms with Gasteiger partial charge in [-0.25, -0.2) is 0 Å². The average Bonchev–Trinajstić information content (AvgIpc) is 2.81. The summed E-state index contributed by atoms with van der Waals surface area (Å²) in [6.45, 7) is 0.332. The number of nitrogens with one attached hydrogen (secondary N) is 2. The van der Waals surface area contributed by atoms with E-state index in [0.717, 1.165) is 22.9 Å². The molecule has 30 heavy (non-hydrogen) atoms. The van der Waals surface area contributed by atoms with Crippen molar-refractivity contribution in [3.63, 3.8) is 0 Å². The van der Waals surface area contributed by atoms with Crippen molar-refractivity contribution < 1.29 is 9.53 Å². The second-order valence-electron chi connectivity index (χ2n) is 6.37. The third kappa shape index (κ3) is 5.17. The first-order chi connectivity index (χ1) is 14.8. The summed E-state index contributed by atoms with van der Waals surface area (Å²) >= 11 is 0. The molecule has 0 fully saturated rings. The smallest absolute Gasteiger partial charge is 0.272 e. The van der Waals surface area contributed by atoms with Gasteiger partial charge >= 0.3 is 0 Å². The molecule has 0 aliphatic rings. The lowest BCUT2D eigenvalue weighted by Gasteiger charge is -2.08. The summed E-state index contributed by atoms with van der Waals surface area (Å²) in [5.41, 5.74) is 1.84. The molecule has 0 spiro atoms. The van der Waals surface area contributed by atoms with Crippen LogP contribution in [0.5, 0.6) is 11.5 Å². The fraction of sp³-hybridized carbons (Fsp3) is 0.0435. The zero-order valence-electron chi connectivity index (χ0n) is 16.0. The van der Waals surface area contributed by atoms with Gasteiger partial charge in [-0.3, -0.25) is 9.78 Å². The van der Waals surface area contributed by atoms with Crippen LogP contribution in [0.3, 0.4) is 0 Å². The van der Waals surface area contributed by atoms with Gasteiger partial charge in [0.2, 0.25) is 0 Å². The molecule has 0 bridgehead atoms. The molecule has 2 N–H and O–H groups in total. The Labute approximate surface area is 173 Å². The van der Waals surface area contributed by atoms with Crippen LogP contribution in [-0.4, -0.2) is 21.1 Å². The molecule has 0 radical (unpaired) electrons. The van der Waals surface area contributed by atoms with Crippen molar-refractivity contribution in [1.82, 2.24) is 20.5 Å². The number of pyridine rings is 1. The summed E-state index contributed by atoms with van der Waals surface area (Å²) in [6, 6.07) is 25.9. The molecule has 7 nitrogen and oxygen atoms in total. The van der Waals surface area contributed by atoms with Crippen molar-refractivity contribution in [2.24, 2.45) is 0 Å². The number of nitrogens with zero attached hydrogens (tertiary/aromatic N) is 3. The summed E-state index contributed by atoms with van der Waals surface area (Å²) in [5.74, 6) is 1.74. The summed E-state index contributed by atoms with van der Waals surface area (Å²) in [5, 5.41) is 14.0. The van der Waals surface area contributed by atoms with E-state index in [0.29, 0.717) is 12.4 Å². The molecule has 7 heteroatoms. The van der Waals surface area contributed by atoms with Crippen molar-refractivity contribution >= 4 is 17.4 Å². The van der Waals surface area contributed by atoms with E-state index in [1.54, 1.807) is 18.3 Å². The van der Waals surface area contributed by atoms with E-state index in [-0.39, 0.29) is 11.6 Å². The van der Waals surface area contributed by atoms with E-state index < -0.39 is 0 Å². The van der Waals surface area contributed by atoms with Crippen LogP contribution in [-0.2, 0) is 6.54 Å². The Hall–Kier alpha value is -4.26. The van der Waals surface area contributed by atoms with Gasteiger partial charge in [0.15, 0.2) is 11.5 Å². The van der Waals surface area contributed by atoms with Gasteiger partial charge in [0.05, 0.1) is 12.2 Å². The number of benzene rings is 2. The molecular weight excluding hydrogens is 378 g/mol. The van der Waals surface area contributed by atoms with Crippen LogP contribution < -0.4 is 15.4 Å². The molecule has 148 valence electrons. The highest BCUT2D eigenvalue weighted by molar-refractivity contribution is 5.92. The van der Waals surface area contributed by atoms with Gasteiger partial charge in [-0.05, 0) is 60.7 Å². The van der Waals surface area contributed by atoms with Crippen molar-refractivity contribution in [3.05, 3.63) is 103 Å². The lowest BCUT2D eigenvalue weighted by molar-refractivity contribution is 0.0944. The minimum atomic E-state index is -0.304. The van der Waals surface area contributed by atoms with Crippen molar-refractivity contribution in [2.45, 2.75) is 6.54 Å². The number of anilines is 2. The van der Waals surface area contributed by atoms with Crippen LogP contribution in [0.1, 0.15) is 16.2 Å². The van der Waals surface area contributed by atoms with Crippen LogP contribution in [0.25, 0.3) is 0 Å².